The summed E-state index contributed by atoms with van der Waals surface area (Å²) in [5.74, 6) is 1.06. The Morgan fingerprint density at radius 1 is 0.957 bits per heavy atom. The van der Waals surface area contributed by atoms with E-state index < -0.39 is 10.0 Å². The Bertz CT molecular complexity index is 785. The quantitative estimate of drug-likeness (QED) is 0.875. The lowest BCUT2D eigenvalue weighted by molar-refractivity contribution is 0.354. The molecule has 1 N–H and O–H groups in total. The maximum absolute atomic E-state index is 12.6. The van der Waals surface area contributed by atoms with Gasteiger partial charge in [0.15, 0.2) is 11.5 Å². The lowest BCUT2D eigenvalue weighted by Crippen LogP contribution is -2.14. The van der Waals surface area contributed by atoms with E-state index in [9.17, 15) is 8.42 Å². The molecule has 0 amide bonds. The summed E-state index contributed by atoms with van der Waals surface area (Å²) in [6.45, 7) is 4.03. The summed E-state index contributed by atoms with van der Waals surface area (Å²) in [4.78, 5) is 0.119. The predicted octanol–water partition coefficient (Wildman–Crippen LogP) is 3.63. The number of sulfonamides is 1. The molecule has 5 nitrogen and oxygen atoms in total. The fourth-order valence-electron chi connectivity index (χ4n) is 2.28. The van der Waals surface area contributed by atoms with Gasteiger partial charge in [-0.2, -0.15) is 0 Å². The highest BCUT2D eigenvalue weighted by atomic mass is 32.2. The molecule has 124 valence electrons. The van der Waals surface area contributed by atoms with Crippen molar-refractivity contribution in [3.05, 3.63) is 48.0 Å². The highest BCUT2D eigenvalue weighted by Gasteiger charge is 2.19. The van der Waals surface area contributed by atoms with Crippen LogP contribution in [0.15, 0.2) is 47.4 Å². The smallest absolute Gasteiger partial charge is 0.262 e. The molecule has 23 heavy (non-hydrogen) atoms. The standard InChI is InChI=1S/C17H21NO4S/c1-12(2)14-7-5-6-8-15(14)18-23(19,20)13-9-10-16(21-3)17(11-13)22-4/h5-12,18H,1-4H3. The largest absolute Gasteiger partial charge is 0.493 e. The number of benzene rings is 2. The number of hydrogen-bond acceptors (Lipinski definition) is 4. The summed E-state index contributed by atoms with van der Waals surface area (Å²) in [5, 5.41) is 0. The highest BCUT2D eigenvalue weighted by Crippen LogP contribution is 2.31. The number of rotatable bonds is 6. The molecule has 2 aromatic rings. The molecule has 0 radical (unpaired) electrons. The number of methoxy groups -OCH3 is 2. The second-order valence-electron chi connectivity index (χ2n) is 5.36. The molecule has 0 aromatic heterocycles. The number of nitrogens with one attached hydrogen (secondary N) is 1. The van der Waals surface area contributed by atoms with Crippen molar-refractivity contribution in [1.29, 1.82) is 0 Å². The Kier molecular flexibility index (Phi) is 5.15. The van der Waals surface area contributed by atoms with Gasteiger partial charge in [-0.1, -0.05) is 32.0 Å². The molecule has 0 heterocycles. The molecule has 0 atom stereocenters. The van der Waals surface area contributed by atoms with Gasteiger partial charge >= 0.3 is 0 Å². The number of para-hydroxylation sites is 1. The molecule has 0 unspecified atom stereocenters. The van der Waals surface area contributed by atoms with Crippen LogP contribution < -0.4 is 14.2 Å². The molecule has 6 heteroatoms. The third kappa shape index (κ3) is 3.76. The fraction of sp³-hybridized carbons (Fsp3) is 0.294. The van der Waals surface area contributed by atoms with E-state index in [1.807, 2.05) is 26.0 Å². The zero-order chi connectivity index (χ0) is 17.0. The minimum atomic E-state index is -3.71. The van der Waals surface area contributed by atoms with E-state index in [1.54, 1.807) is 18.2 Å². The first kappa shape index (κ1) is 17.1. The van der Waals surface area contributed by atoms with Crippen molar-refractivity contribution in [3.8, 4) is 11.5 Å². The molecule has 0 aliphatic rings. The van der Waals surface area contributed by atoms with E-state index in [2.05, 4.69) is 4.72 Å². The second kappa shape index (κ2) is 6.91. The van der Waals surface area contributed by atoms with Crippen LogP contribution in [0.25, 0.3) is 0 Å². The minimum Gasteiger partial charge on any atom is -0.493 e. The van der Waals surface area contributed by atoms with Crippen LogP contribution in [0.1, 0.15) is 25.3 Å². The third-order valence-corrected chi connectivity index (χ3v) is 4.86. The lowest BCUT2D eigenvalue weighted by atomic mass is 10.0. The van der Waals surface area contributed by atoms with Gasteiger partial charge in [0.2, 0.25) is 0 Å². The van der Waals surface area contributed by atoms with Crippen molar-refractivity contribution >= 4 is 15.7 Å². The highest BCUT2D eigenvalue weighted by molar-refractivity contribution is 7.92. The Balaban J connectivity index is 2.40. The summed E-state index contributed by atoms with van der Waals surface area (Å²) < 4.78 is 38.2. The van der Waals surface area contributed by atoms with E-state index >= 15 is 0 Å². The van der Waals surface area contributed by atoms with Gasteiger partial charge in [0.05, 0.1) is 24.8 Å². The Hall–Kier alpha value is -2.21. The van der Waals surface area contributed by atoms with Crippen molar-refractivity contribution in [1.82, 2.24) is 0 Å². The summed E-state index contributed by atoms with van der Waals surface area (Å²) in [6.07, 6.45) is 0. The van der Waals surface area contributed by atoms with Crippen molar-refractivity contribution in [3.63, 3.8) is 0 Å². The lowest BCUT2D eigenvalue weighted by Gasteiger charge is -2.15. The normalized spacial score (nSPS) is 11.3. The van der Waals surface area contributed by atoms with E-state index in [1.165, 1.54) is 26.4 Å². The number of hydrogen-bond donors (Lipinski definition) is 1. The monoisotopic (exact) mass is 335 g/mol. The maximum Gasteiger partial charge on any atom is 0.262 e. The van der Waals surface area contributed by atoms with Crippen LogP contribution in [0.3, 0.4) is 0 Å². The molecule has 2 rings (SSSR count). The van der Waals surface area contributed by atoms with Crippen LogP contribution in [0.4, 0.5) is 5.69 Å². The van der Waals surface area contributed by atoms with Gasteiger partial charge in [-0.15, -0.1) is 0 Å². The molecule has 0 spiro atoms. The second-order valence-corrected chi connectivity index (χ2v) is 7.05. The Morgan fingerprint density at radius 3 is 2.22 bits per heavy atom. The van der Waals surface area contributed by atoms with E-state index in [4.69, 9.17) is 9.47 Å². The summed E-state index contributed by atoms with van der Waals surface area (Å²) in [6, 6.07) is 11.9. The summed E-state index contributed by atoms with van der Waals surface area (Å²) in [5.41, 5.74) is 1.52. The molecule has 0 aliphatic carbocycles. The van der Waals surface area contributed by atoms with Crippen molar-refractivity contribution in [2.24, 2.45) is 0 Å². The van der Waals surface area contributed by atoms with Gasteiger partial charge in [0.25, 0.3) is 10.0 Å². The van der Waals surface area contributed by atoms with Gasteiger partial charge in [-0.05, 0) is 29.7 Å². The molecule has 0 aliphatic heterocycles. The van der Waals surface area contributed by atoms with Gasteiger partial charge < -0.3 is 9.47 Å². The number of anilines is 1. The zero-order valence-electron chi connectivity index (χ0n) is 13.7. The SMILES string of the molecule is COc1ccc(S(=O)(=O)Nc2ccccc2C(C)C)cc1OC. The predicted molar refractivity (Wildman–Crippen MR) is 90.9 cm³/mol. The average molecular weight is 335 g/mol. The topological polar surface area (TPSA) is 64.6 Å². The molecule has 2 aromatic carbocycles. The minimum absolute atomic E-state index is 0.119. The molecular formula is C17H21NO4S. The Labute approximate surface area is 137 Å². The molecular weight excluding hydrogens is 314 g/mol. The van der Waals surface area contributed by atoms with E-state index in [-0.39, 0.29) is 10.8 Å². The number of ether oxygens (including phenoxy) is 2. The first-order chi connectivity index (χ1) is 10.9. The fourth-order valence-corrected chi connectivity index (χ4v) is 3.38. The van der Waals surface area contributed by atoms with Gasteiger partial charge in [-0.3, -0.25) is 4.72 Å². The first-order valence-corrected chi connectivity index (χ1v) is 8.71. The van der Waals surface area contributed by atoms with Crippen LogP contribution in [-0.2, 0) is 10.0 Å². The summed E-state index contributed by atoms with van der Waals surface area (Å²) >= 11 is 0. The van der Waals surface area contributed by atoms with Crippen LogP contribution in [0.2, 0.25) is 0 Å². The Morgan fingerprint density at radius 2 is 1.61 bits per heavy atom. The molecule has 0 bridgehead atoms. The van der Waals surface area contributed by atoms with Crippen LogP contribution in [0, 0.1) is 0 Å². The van der Waals surface area contributed by atoms with Crippen LogP contribution in [0.5, 0.6) is 11.5 Å². The third-order valence-electron chi connectivity index (χ3n) is 3.49. The summed E-state index contributed by atoms with van der Waals surface area (Å²) in [7, 11) is -0.741. The average Bonchev–Trinajstić information content (AvgIpc) is 2.54. The maximum atomic E-state index is 12.6. The van der Waals surface area contributed by atoms with Crippen molar-refractivity contribution in [2.45, 2.75) is 24.7 Å². The van der Waals surface area contributed by atoms with Gasteiger partial charge in [-0.25, -0.2) is 8.42 Å². The zero-order valence-corrected chi connectivity index (χ0v) is 14.5. The van der Waals surface area contributed by atoms with Crippen molar-refractivity contribution in [2.75, 3.05) is 18.9 Å². The molecule has 0 saturated heterocycles. The van der Waals surface area contributed by atoms with Crippen LogP contribution in [-0.4, -0.2) is 22.6 Å². The van der Waals surface area contributed by atoms with Gasteiger partial charge in [0.1, 0.15) is 0 Å². The van der Waals surface area contributed by atoms with Crippen LogP contribution >= 0.6 is 0 Å². The van der Waals surface area contributed by atoms with Crippen molar-refractivity contribution < 1.29 is 17.9 Å². The van der Waals surface area contributed by atoms with E-state index in [0.717, 1.165) is 5.56 Å². The van der Waals surface area contributed by atoms with E-state index in [0.29, 0.717) is 17.2 Å². The molecule has 0 fully saturated rings. The molecule has 0 saturated carbocycles. The first-order valence-electron chi connectivity index (χ1n) is 7.23. The van der Waals surface area contributed by atoms with Gasteiger partial charge in [0, 0.05) is 6.07 Å².